The molecule has 0 N–H and O–H groups in total. The summed E-state index contributed by atoms with van der Waals surface area (Å²) in [6.07, 6.45) is 0.0981. The van der Waals surface area contributed by atoms with Gasteiger partial charge in [0, 0.05) is 13.5 Å². The van der Waals surface area contributed by atoms with Gasteiger partial charge in [-0.1, -0.05) is 44.5 Å². The van der Waals surface area contributed by atoms with E-state index in [0.29, 0.717) is 6.42 Å². The number of methoxy groups -OCH3 is 1. The van der Waals surface area contributed by atoms with Crippen LogP contribution in [0, 0.1) is 19.3 Å². The number of rotatable bonds is 4. The van der Waals surface area contributed by atoms with E-state index in [0.717, 1.165) is 11.1 Å². The summed E-state index contributed by atoms with van der Waals surface area (Å²) in [5.41, 5.74) is 3.29. The summed E-state index contributed by atoms with van der Waals surface area (Å²) in [6, 6.07) is 6.22. The predicted octanol–water partition coefficient (Wildman–Crippen LogP) is 3.48. The molecule has 100 valence electrons. The van der Waals surface area contributed by atoms with Gasteiger partial charge in [0.15, 0.2) is 5.78 Å². The van der Waals surface area contributed by atoms with Crippen molar-refractivity contribution < 1.29 is 9.53 Å². The Morgan fingerprint density at radius 3 is 2.39 bits per heavy atom. The standard InChI is InChI=1S/C16H24O2/c1-11-7-8-12(2)13(9-11)10-14(17)15(18-6)16(3,4)5/h7-9,15H,10H2,1-6H3. The molecule has 1 atom stereocenters. The Labute approximate surface area is 110 Å². The van der Waals surface area contributed by atoms with Gasteiger partial charge in [0.25, 0.3) is 0 Å². The van der Waals surface area contributed by atoms with Gasteiger partial charge in [0.05, 0.1) is 0 Å². The van der Waals surface area contributed by atoms with Crippen LogP contribution in [0.4, 0.5) is 0 Å². The first kappa shape index (κ1) is 14.9. The normalized spacial score (nSPS) is 13.4. The summed E-state index contributed by atoms with van der Waals surface area (Å²) in [6.45, 7) is 10.2. The van der Waals surface area contributed by atoms with Gasteiger partial charge in [0.1, 0.15) is 6.10 Å². The fraction of sp³-hybridized carbons (Fsp3) is 0.562. The maximum atomic E-state index is 12.3. The second-order valence-electron chi connectivity index (χ2n) is 6.05. The second-order valence-corrected chi connectivity index (χ2v) is 6.05. The van der Waals surface area contributed by atoms with E-state index in [4.69, 9.17) is 4.74 Å². The van der Waals surface area contributed by atoms with Crippen LogP contribution in [0.2, 0.25) is 0 Å². The molecule has 0 fully saturated rings. The van der Waals surface area contributed by atoms with Crippen molar-refractivity contribution >= 4 is 5.78 Å². The van der Waals surface area contributed by atoms with Crippen molar-refractivity contribution in [3.05, 3.63) is 34.9 Å². The molecule has 1 aromatic rings. The zero-order chi connectivity index (χ0) is 13.9. The third kappa shape index (κ3) is 3.67. The Hall–Kier alpha value is -1.15. The van der Waals surface area contributed by atoms with Gasteiger partial charge in [0.2, 0.25) is 0 Å². The lowest BCUT2D eigenvalue weighted by molar-refractivity contribution is -0.134. The summed E-state index contributed by atoms with van der Waals surface area (Å²) in [7, 11) is 1.61. The highest BCUT2D eigenvalue weighted by molar-refractivity contribution is 5.86. The van der Waals surface area contributed by atoms with Crippen LogP contribution in [0.15, 0.2) is 18.2 Å². The van der Waals surface area contributed by atoms with E-state index < -0.39 is 0 Å². The van der Waals surface area contributed by atoms with Crippen molar-refractivity contribution in [1.82, 2.24) is 0 Å². The molecule has 0 saturated carbocycles. The molecule has 0 amide bonds. The van der Waals surface area contributed by atoms with Crippen molar-refractivity contribution in [1.29, 1.82) is 0 Å². The van der Waals surface area contributed by atoms with Gasteiger partial charge in [-0.25, -0.2) is 0 Å². The van der Waals surface area contributed by atoms with Crippen LogP contribution in [0.1, 0.15) is 37.5 Å². The van der Waals surface area contributed by atoms with Crippen LogP contribution < -0.4 is 0 Å². The third-order valence-electron chi connectivity index (χ3n) is 3.18. The molecule has 2 heteroatoms. The van der Waals surface area contributed by atoms with Crippen molar-refractivity contribution in [2.45, 2.75) is 47.1 Å². The molecule has 2 nitrogen and oxygen atoms in total. The van der Waals surface area contributed by atoms with E-state index in [2.05, 4.69) is 18.2 Å². The lowest BCUT2D eigenvalue weighted by Gasteiger charge is -2.28. The third-order valence-corrected chi connectivity index (χ3v) is 3.18. The number of benzene rings is 1. The zero-order valence-electron chi connectivity index (χ0n) is 12.3. The molecular formula is C16H24O2. The topological polar surface area (TPSA) is 26.3 Å². The summed E-state index contributed by atoms with van der Waals surface area (Å²) >= 11 is 0. The molecule has 0 heterocycles. The average molecular weight is 248 g/mol. The molecule has 0 aliphatic carbocycles. The van der Waals surface area contributed by atoms with E-state index in [9.17, 15) is 4.79 Å². The van der Waals surface area contributed by atoms with Gasteiger partial charge in [-0.2, -0.15) is 0 Å². The number of carbonyl (C=O) groups excluding carboxylic acids is 1. The summed E-state index contributed by atoms with van der Waals surface area (Å²) in [5.74, 6) is 0.152. The molecule has 1 rings (SSSR count). The molecule has 0 aliphatic rings. The van der Waals surface area contributed by atoms with Crippen LogP contribution in [0.25, 0.3) is 0 Å². The molecule has 0 aliphatic heterocycles. The summed E-state index contributed by atoms with van der Waals surface area (Å²) < 4.78 is 5.37. The number of Topliss-reactive ketones (excluding diaryl/α,β-unsaturated/α-hetero) is 1. The minimum atomic E-state index is -0.350. The van der Waals surface area contributed by atoms with E-state index in [1.807, 2.05) is 34.6 Å². The smallest absolute Gasteiger partial charge is 0.166 e. The molecule has 0 aromatic heterocycles. The SMILES string of the molecule is COC(C(=O)Cc1cc(C)ccc1C)C(C)(C)C. The number of carbonyl (C=O) groups is 1. The van der Waals surface area contributed by atoms with Gasteiger partial charge in [-0.3, -0.25) is 4.79 Å². The van der Waals surface area contributed by atoms with Crippen LogP contribution >= 0.6 is 0 Å². The number of hydrogen-bond donors (Lipinski definition) is 0. The molecule has 1 aromatic carbocycles. The first-order valence-corrected chi connectivity index (χ1v) is 6.37. The van der Waals surface area contributed by atoms with Gasteiger partial charge < -0.3 is 4.74 Å². The van der Waals surface area contributed by atoms with Crippen LogP contribution in [-0.2, 0) is 16.0 Å². The molecule has 1 unspecified atom stereocenters. The molecule has 18 heavy (non-hydrogen) atoms. The fourth-order valence-electron chi connectivity index (χ4n) is 2.24. The maximum Gasteiger partial charge on any atom is 0.166 e. The van der Waals surface area contributed by atoms with Crippen molar-refractivity contribution in [2.75, 3.05) is 7.11 Å². The van der Waals surface area contributed by atoms with Gasteiger partial charge in [-0.05, 0) is 30.4 Å². The number of ether oxygens (including phenoxy) is 1. The van der Waals surface area contributed by atoms with E-state index in [-0.39, 0.29) is 17.3 Å². The fourth-order valence-corrected chi connectivity index (χ4v) is 2.24. The highest BCUT2D eigenvalue weighted by Crippen LogP contribution is 2.24. The van der Waals surface area contributed by atoms with Gasteiger partial charge in [-0.15, -0.1) is 0 Å². The number of aryl methyl sites for hydroxylation is 2. The zero-order valence-corrected chi connectivity index (χ0v) is 12.3. The van der Waals surface area contributed by atoms with Crippen LogP contribution in [0.3, 0.4) is 0 Å². The highest BCUT2D eigenvalue weighted by atomic mass is 16.5. The van der Waals surface area contributed by atoms with Gasteiger partial charge >= 0.3 is 0 Å². The van der Waals surface area contributed by atoms with Crippen molar-refractivity contribution in [2.24, 2.45) is 5.41 Å². The minimum Gasteiger partial charge on any atom is -0.373 e. The lowest BCUT2D eigenvalue weighted by Crippen LogP contribution is -2.37. The van der Waals surface area contributed by atoms with E-state index >= 15 is 0 Å². The molecule has 0 spiro atoms. The van der Waals surface area contributed by atoms with Crippen LogP contribution in [0.5, 0.6) is 0 Å². The van der Waals surface area contributed by atoms with Crippen molar-refractivity contribution in [3.63, 3.8) is 0 Å². The highest BCUT2D eigenvalue weighted by Gasteiger charge is 2.31. The Morgan fingerprint density at radius 1 is 1.28 bits per heavy atom. The lowest BCUT2D eigenvalue weighted by atomic mass is 9.84. The largest absolute Gasteiger partial charge is 0.373 e. The van der Waals surface area contributed by atoms with E-state index in [1.165, 1.54) is 5.56 Å². The first-order chi connectivity index (χ1) is 8.25. The molecule has 0 saturated heterocycles. The Kier molecular flexibility index (Phi) is 4.69. The predicted molar refractivity (Wildman–Crippen MR) is 74.9 cm³/mol. The first-order valence-electron chi connectivity index (χ1n) is 6.37. The monoisotopic (exact) mass is 248 g/mol. The van der Waals surface area contributed by atoms with Crippen LogP contribution in [-0.4, -0.2) is 19.0 Å². The summed E-state index contributed by atoms with van der Waals surface area (Å²) in [5, 5.41) is 0. The summed E-state index contributed by atoms with van der Waals surface area (Å²) in [4.78, 5) is 12.3. The van der Waals surface area contributed by atoms with E-state index in [1.54, 1.807) is 7.11 Å². The Balaban J connectivity index is 2.90. The van der Waals surface area contributed by atoms with Crippen molar-refractivity contribution in [3.8, 4) is 0 Å². The maximum absolute atomic E-state index is 12.3. The number of ketones is 1. The Bertz CT molecular complexity index is 427. The molecule has 0 bridgehead atoms. The second kappa shape index (κ2) is 5.66. The Morgan fingerprint density at radius 2 is 1.89 bits per heavy atom. The molecular weight excluding hydrogens is 224 g/mol. The quantitative estimate of drug-likeness (QED) is 0.815. The number of hydrogen-bond acceptors (Lipinski definition) is 2. The average Bonchev–Trinajstić information content (AvgIpc) is 2.22. The molecule has 0 radical (unpaired) electrons. The minimum absolute atomic E-state index is 0.152.